The first-order chi connectivity index (χ1) is 15.2. The SMILES string of the molecule is COc1ccc(CNC(=S)NC[C@H](c2ccccc2Cl)c2c[nH]c3ccccc23)cc1. The van der Waals surface area contributed by atoms with Crippen molar-refractivity contribution in [2.75, 3.05) is 13.7 Å². The molecule has 0 amide bonds. The summed E-state index contributed by atoms with van der Waals surface area (Å²) >= 11 is 12.1. The Hall–Kier alpha value is -3.02. The van der Waals surface area contributed by atoms with Gasteiger partial charge in [-0.2, -0.15) is 0 Å². The summed E-state index contributed by atoms with van der Waals surface area (Å²) in [4.78, 5) is 3.37. The molecule has 0 radical (unpaired) electrons. The van der Waals surface area contributed by atoms with E-state index < -0.39 is 0 Å². The third-order valence-corrected chi connectivity index (χ3v) is 5.99. The quantitative estimate of drug-likeness (QED) is 0.320. The third-order valence-electron chi connectivity index (χ3n) is 5.36. The number of para-hydroxylation sites is 1. The number of aromatic nitrogens is 1. The van der Waals surface area contributed by atoms with Crippen molar-refractivity contribution in [1.82, 2.24) is 15.6 Å². The van der Waals surface area contributed by atoms with E-state index in [0.29, 0.717) is 18.2 Å². The van der Waals surface area contributed by atoms with Gasteiger partial charge in [-0.25, -0.2) is 0 Å². The van der Waals surface area contributed by atoms with Crippen LogP contribution in [0.4, 0.5) is 0 Å². The van der Waals surface area contributed by atoms with E-state index in [9.17, 15) is 0 Å². The molecular formula is C25H24ClN3OS. The van der Waals surface area contributed by atoms with Gasteiger partial charge in [-0.15, -0.1) is 0 Å². The summed E-state index contributed by atoms with van der Waals surface area (Å²) in [6.45, 7) is 1.26. The number of aromatic amines is 1. The van der Waals surface area contributed by atoms with E-state index in [2.05, 4.69) is 46.1 Å². The zero-order chi connectivity index (χ0) is 21.6. The highest BCUT2D eigenvalue weighted by molar-refractivity contribution is 7.80. The highest BCUT2D eigenvalue weighted by Crippen LogP contribution is 2.34. The number of thiocarbonyl (C=S) groups is 1. The van der Waals surface area contributed by atoms with Gasteiger partial charge in [0.25, 0.3) is 0 Å². The van der Waals surface area contributed by atoms with Crippen molar-refractivity contribution in [1.29, 1.82) is 0 Å². The minimum absolute atomic E-state index is 0.0468. The Morgan fingerprint density at radius 2 is 1.71 bits per heavy atom. The van der Waals surface area contributed by atoms with Crippen LogP contribution in [0.15, 0.2) is 79.0 Å². The van der Waals surface area contributed by atoms with Crippen LogP contribution in [0.5, 0.6) is 5.75 Å². The van der Waals surface area contributed by atoms with Crippen molar-refractivity contribution in [2.24, 2.45) is 0 Å². The van der Waals surface area contributed by atoms with Crippen molar-refractivity contribution in [2.45, 2.75) is 12.5 Å². The van der Waals surface area contributed by atoms with Crippen molar-refractivity contribution in [3.63, 3.8) is 0 Å². The van der Waals surface area contributed by atoms with Crippen LogP contribution in [0.25, 0.3) is 10.9 Å². The Morgan fingerprint density at radius 3 is 2.48 bits per heavy atom. The number of H-pyrrole nitrogens is 1. The summed E-state index contributed by atoms with van der Waals surface area (Å²) in [5.41, 5.74) is 4.49. The molecule has 0 aliphatic rings. The summed E-state index contributed by atoms with van der Waals surface area (Å²) in [5.74, 6) is 0.886. The van der Waals surface area contributed by atoms with Crippen molar-refractivity contribution in [3.8, 4) is 5.75 Å². The predicted molar refractivity (Wildman–Crippen MR) is 132 cm³/mol. The van der Waals surface area contributed by atoms with Crippen molar-refractivity contribution in [3.05, 3.63) is 101 Å². The Balaban J connectivity index is 1.49. The second-order valence-corrected chi connectivity index (χ2v) is 8.09. The van der Waals surface area contributed by atoms with Crippen molar-refractivity contribution < 1.29 is 4.74 Å². The second-order valence-electron chi connectivity index (χ2n) is 7.28. The van der Waals surface area contributed by atoms with E-state index in [1.807, 2.05) is 48.5 Å². The predicted octanol–water partition coefficient (Wildman–Crippen LogP) is 5.63. The standard InChI is InChI=1S/C25H24ClN3OS/c1-30-18-12-10-17(11-13-18)14-28-25(31)29-16-21(19-6-2-4-8-23(19)26)22-15-27-24-9-5-3-7-20(22)24/h2-13,15,21,27H,14,16H2,1H3,(H2,28,29,31)/t21-/m1/s1. The van der Waals surface area contributed by atoms with Crippen LogP contribution in [0.3, 0.4) is 0 Å². The lowest BCUT2D eigenvalue weighted by Gasteiger charge is -2.20. The molecule has 1 heterocycles. The Bertz CT molecular complexity index is 1170. The fourth-order valence-corrected chi connectivity index (χ4v) is 4.13. The summed E-state index contributed by atoms with van der Waals surface area (Å²) < 4.78 is 5.21. The molecule has 0 bridgehead atoms. The van der Waals surface area contributed by atoms with E-state index in [1.165, 1.54) is 10.9 Å². The minimum Gasteiger partial charge on any atom is -0.497 e. The molecule has 0 fully saturated rings. The molecule has 0 unspecified atom stereocenters. The number of ether oxygens (including phenoxy) is 1. The topological polar surface area (TPSA) is 49.1 Å². The summed E-state index contributed by atoms with van der Waals surface area (Å²) in [6.07, 6.45) is 2.06. The normalized spacial score (nSPS) is 11.8. The summed E-state index contributed by atoms with van der Waals surface area (Å²) in [7, 11) is 1.66. The van der Waals surface area contributed by atoms with Gasteiger partial charge in [-0.05, 0) is 53.2 Å². The molecular weight excluding hydrogens is 426 g/mol. The van der Waals surface area contributed by atoms with E-state index in [0.717, 1.165) is 27.4 Å². The van der Waals surface area contributed by atoms with Crippen LogP contribution in [0.1, 0.15) is 22.6 Å². The average Bonchev–Trinajstić information content (AvgIpc) is 3.23. The smallest absolute Gasteiger partial charge is 0.166 e. The summed E-state index contributed by atoms with van der Waals surface area (Å²) in [6, 6.07) is 24.2. The van der Waals surface area contributed by atoms with Gasteiger partial charge in [0, 0.05) is 41.1 Å². The van der Waals surface area contributed by atoms with Gasteiger partial charge in [-0.3, -0.25) is 0 Å². The van der Waals surface area contributed by atoms with Crippen LogP contribution in [0, 0.1) is 0 Å². The molecule has 4 nitrogen and oxygen atoms in total. The lowest BCUT2D eigenvalue weighted by atomic mass is 9.91. The Morgan fingerprint density at radius 1 is 0.968 bits per heavy atom. The number of hydrogen-bond donors (Lipinski definition) is 3. The highest BCUT2D eigenvalue weighted by atomic mass is 35.5. The molecule has 158 valence electrons. The lowest BCUT2D eigenvalue weighted by molar-refractivity contribution is 0.414. The fourth-order valence-electron chi connectivity index (χ4n) is 3.71. The number of halogens is 1. The van der Waals surface area contributed by atoms with Gasteiger partial charge < -0.3 is 20.4 Å². The molecule has 3 aromatic carbocycles. The first kappa shape index (κ1) is 21.2. The molecule has 0 saturated carbocycles. The Kier molecular flexibility index (Phi) is 6.75. The zero-order valence-corrected chi connectivity index (χ0v) is 18.8. The third kappa shape index (κ3) is 5.01. The van der Waals surface area contributed by atoms with E-state index in [1.54, 1.807) is 7.11 Å². The highest BCUT2D eigenvalue weighted by Gasteiger charge is 2.20. The second kappa shape index (κ2) is 9.86. The van der Waals surface area contributed by atoms with Crippen LogP contribution in [-0.2, 0) is 6.54 Å². The number of hydrogen-bond acceptors (Lipinski definition) is 2. The van der Waals surface area contributed by atoms with Gasteiger partial charge in [0.1, 0.15) is 5.75 Å². The average molecular weight is 450 g/mol. The molecule has 1 atom stereocenters. The largest absolute Gasteiger partial charge is 0.497 e. The van der Waals surface area contributed by atoms with Crippen LogP contribution < -0.4 is 15.4 Å². The molecule has 0 saturated heterocycles. The van der Waals surface area contributed by atoms with E-state index in [-0.39, 0.29) is 5.92 Å². The molecule has 3 N–H and O–H groups in total. The minimum atomic E-state index is 0.0468. The van der Waals surface area contributed by atoms with Gasteiger partial charge in [0.15, 0.2) is 5.11 Å². The fraction of sp³-hybridized carbons (Fsp3) is 0.160. The molecule has 1 aromatic heterocycles. The Labute approximate surface area is 192 Å². The van der Waals surface area contributed by atoms with E-state index >= 15 is 0 Å². The number of fused-ring (bicyclic) bond motifs is 1. The van der Waals surface area contributed by atoms with Crippen LogP contribution >= 0.6 is 23.8 Å². The molecule has 4 aromatic rings. The number of rotatable bonds is 7. The van der Waals surface area contributed by atoms with Gasteiger partial charge in [-0.1, -0.05) is 60.1 Å². The summed E-state index contributed by atoms with van der Waals surface area (Å²) in [5, 5.41) is 9.19. The van der Waals surface area contributed by atoms with Crippen molar-refractivity contribution >= 4 is 39.8 Å². The maximum atomic E-state index is 6.57. The van der Waals surface area contributed by atoms with Gasteiger partial charge in [0.2, 0.25) is 0 Å². The molecule has 0 aliphatic heterocycles. The number of benzene rings is 3. The molecule has 6 heteroatoms. The van der Waals surface area contributed by atoms with E-state index in [4.69, 9.17) is 28.6 Å². The maximum Gasteiger partial charge on any atom is 0.166 e. The molecule has 0 spiro atoms. The van der Waals surface area contributed by atoms with Crippen LogP contribution in [0.2, 0.25) is 5.02 Å². The zero-order valence-electron chi connectivity index (χ0n) is 17.2. The molecule has 4 rings (SSSR count). The van der Waals surface area contributed by atoms with Gasteiger partial charge in [0.05, 0.1) is 7.11 Å². The lowest BCUT2D eigenvalue weighted by Crippen LogP contribution is -2.37. The first-order valence-corrected chi connectivity index (χ1v) is 10.9. The number of nitrogens with one attached hydrogen (secondary N) is 3. The number of methoxy groups -OCH3 is 1. The molecule has 31 heavy (non-hydrogen) atoms. The monoisotopic (exact) mass is 449 g/mol. The van der Waals surface area contributed by atoms with Gasteiger partial charge >= 0.3 is 0 Å². The van der Waals surface area contributed by atoms with Crippen LogP contribution in [-0.4, -0.2) is 23.8 Å². The first-order valence-electron chi connectivity index (χ1n) is 10.1. The molecule has 0 aliphatic carbocycles. The maximum absolute atomic E-state index is 6.57.